The molecule has 0 bridgehead atoms. The minimum Gasteiger partial charge on any atom is -0.467 e. The predicted molar refractivity (Wildman–Crippen MR) is 111 cm³/mol. The van der Waals surface area contributed by atoms with E-state index in [1.165, 1.54) is 12.8 Å². The highest BCUT2D eigenvalue weighted by atomic mass is 35.5. The van der Waals surface area contributed by atoms with Crippen LogP contribution < -0.4 is 4.74 Å². The molecule has 1 heterocycles. The molecular formula is C20H25Cl2NO2Si. The molecule has 0 amide bonds. The summed E-state index contributed by atoms with van der Waals surface area (Å²) in [5.41, 5.74) is 3.08. The number of benzene rings is 1. The maximum atomic E-state index is 6.25. The average molecular weight is 410 g/mol. The first-order valence-electron chi connectivity index (χ1n) is 8.99. The van der Waals surface area contributed by atoms with E-state index >= 15 is 0 Å². The maximum Gasteiger partial charge on any atom is 0.189 e. The highest BCUT2D eigenvalue weighted by Crippen LogP contribution is 2.42. The summed E-state index contributed by atoms with van der Waals surface area (Å²) in [7, 11) is -1.10. The zero-order valence-corrected chi connectivity index (χ0v) is 18.0. The number of pyridine rings is 1. The van der Waals surface area contributed by atoms with E-state index in [9.17, 15) is 0 Å². The van der Waals surface area contributed by atoms with Crippen LogP contribution in [0.2, 0.25) is 35.7 Å². The molecule has 140 valence electrons. The van der Waals surface area contributed by atoms with Crippen molar-refractivity contribution in [1.29, 1.82) is 0 Å². The molecule has 0 aliphatic heterocycles. The molecule has 0 N–H and O–H groups in total. The normalized spacial score (nSPS) is 14.5. The molecule has 2 aromatic rings. The van der Waals surface area contributed by atoms with Crippen molar-refractivity contribution >= 4 is 31.3 Å². The largest absolute Gasteiger partial charge is 0.467 e. The average Bonchev–Trinajstić information content (AvgIpc) is 3.41. The highest BCUT2D eigenvalue weighted by Gasteiger charge is 2.25. The van der Waals surface area contributed by atoms with Gasteiger partial charge < -0.3 is 9.47 Å². The summed E-state index contributed by atoms with van der Waals surface area (Å²) in [5.74, 6) is 1.27. The van der Waals surface area contributed by atoms with Crippen molar-refractivity contribution in [2.45, 2.75) is 44.4 Å². The van der Waals surface area contributed by atoms with E-state index in [2.05, 4.69) is 30.7 Å². The molecule has 3 nitrogen and oxygen atoms in total. The minimum absolute atomic E-state index is 0.204. The van der Waals surface area contributed by atoms with Gasteiger partial charge in [0.25, 0.3) is 0 Å². The van der Waals surface area contributed by atoms with Crippen LogP contribution in [-0.2, 0) is 4.74 Å². The second-order valence-electron chi connectivity index (χ2n) is 7.99. The summed E-state index contributed by atoms with van der Waals surface area (Å²) >= 11 is 12.5. The fourth-order valence-electron chi connectivity index (χ4n) is 2.63. The van der Waals surface area contributed by atoms with E-state index in [0.717, 1.165) is 22.9 Å². The smallest absolute Gasteiger partial charge is 0.189 e. The number of aromatic nitrogens is 1. The lowest BCUT2D eigenvalue weighted by molar-refractivity contribution is 0.0224. The van der Waals surface area contributed by atoms with E-state index in [4.69, 9.17) is 32.7 Å². The van der Waals surface area contributed by atoms with Gasteiger partial charge in [-0.25, -0.2) is 0 Å². The van der Waals surface area contributed by atoms with Gasteiger partial charge in [0.2, 0.25) is 0 Å². The Bertz CT molecular complexity index is 773. The molecule has 1 aliphatic rings. The summed E-state index contributed by atoms with van der Waals surface area (Å²) in [5, 5.41) is 0.988. The SMILES string of the molecule is C[Si](C)(C)CCOCOc1cc(Cl)c(Cl)cc1-c1ccnc(C2CC2)c1. The molecule has 26 heavy (non-hydrogen) atoms. The molecule has 1 aliphatic carbocycles. The molecule has 1 saturated carbocycles. The van der Waals surface area contributed by atoms with E-state index < -0.39 is 8.07 Å². The number of hydrogen-bond donors (Lipinski definition) is 0. The standard InChI is InChI=1S/C20H25Cl2NO2Si/c1-26(2,3)9-8-24-13-25-20-12-18(22)17(21)11-16(20)15-6-7-23-19(10-15)14-4-5-14/h6-7,10-12,14H,4-5,8-9,13H2,1-3H3. The Balaban J connectivity index is 1.74. The lowest BCUT2D eigenvalue weighted by Crippen LogP contribution is -2.22. The number of hydrogen-bond acceptors (Lipinski definition) is 3. The first-order chi connectivity index (χ1) is 12.3. The Hall–Kier alpha value is -1.07. The summed E-state index contributed by atoms with van der Waals surface area (Å²) < 4.78 is 11.6. The minimum atomic E-state index is -1.10. The van der Waals surface area contributed by atoms with Gasteiger partial charge in [0.05, 0.1) is 10.0 Å². The molecule has 6 heteroatoms. The van der Waals surface area contributed by atoms with Crippen LogP contribution in [0.3, 0.4) is 0 Å². The van der Waals surface area contributed by atoms with Gasteiger partial charge in [0.15, 0.2) is 6.79 Å². The molecular weight excluding hydrogens is 385 g/mol. The van der Waals surface area contributed by atoms with Crippen LogP contribution in [0.1, 0.15) is 24.5 Å². The Labute approximate surface area is 166 Å². The number of nitrogens with zero attached hydrogens (tertiary/aromatic N) is 1. The molecule has 0 radical (unpaired) electrons. The van der Waals surface area contributed by atoms with Crippen molar-refractivity contribution < 1.29 is 9.47 Å². The van der Waals surface area contributed by atoms with E-state index in [0.29, 0.717) is 28.3 Å². The predicted octanol–water partition coefficient (Wildman–Crippen LogP) is 6.62. The van der Waals surface area contributed by atoms with Crippen LogP contribution in [0.5, 0.6) is 5.75 Å². The van der Waals surface area contributed by atoms with Crippen LogP contribution >= 0.6 is 23.2 Å². The van der Waals surface area contributed by atoms with Gasteiger partial charge in [-0.2, -0.15) is 0 Å². The van der Waals surface area contributed by atoms with Crippen LogP contribution in [0, 0.1) is 0 Å². The van der Waals surface area contributed by atoms with Crippen molar-refractivity contribution in [3.05, 3.63) is 46.2 Å². The number of halogens is 2. The van der Waals surface area contributed by atoms with Crippen molar-refractivity contribution in [3.63, 3.8) is 0 Å². The third-order valence-electron chi connectivity index (χ3n) is 4.40. The van der Waals surface area contributed by atoms with Crippen LogP contribution in [-0.4, -0.2) is 26.5 Å². The Morgan fingerprint density at radius 2 is 1.85 bits per heavy atom. The zero-order chi connectivity index (χ0) is 18.7. The third kappa shape index (κ3) is 5.46. The molecule has 0 unspecified atom stereocenters. The highest BCUT2D eigenvalue weighted by molar-refractivity contribution is 6.76. The maximum absolute atomic E-state index is 6.25. The third-order valence-corrected chi connectivity index (χ3v) is 6.83. The van der Waals surface area contributed by atoms with Crippen molar-refractivity contribution in [1.82, 2.24) is 4.98 Å². The van der Waals surface area contributed by atoms with Crippen LogP contribution in [0.25, 0.3) is 11.1 Å². The molecule has 1 aromatic carbocycles. The Morgan fingerprint density at radius 3 is 2.54 bits per heavy atom. The van der Waals surface area contributed by atoms with Crippen LogP contribution in [0.15, 0.2) is 30.5 Å². The topological polar surface area (TPSA) is 31.4 Å². The molecule has 0 spiro atoms. The van der Waals surface area contributed by atoms with Gasteiger partial charge in [0.1, 0.15) is 5.75 Å². The Morgan fingerprint density at radius 1 is 1.12 bits per heavy atom. The summed E-state index contributed by atoms with van der Waals surface area (Å²) in [4.78, 5) is 4.49. The number of rotatable bonds is 8. The first kappa shape index (κ1) is 19.7. The van der Waals surface area contributed by atoms with Gasteiger partial charge in [-0.1, -0.05) is 42.8 Å². The molecule has 3 rings (SSSR count). The van der Waals surface area contributed by atoms with E-state index in [-0.39, 0.29) is 6.79 Å². The second kappa shape index (κ2) is 8.30. The zero-order valence-electron chi connectivity index (χ0n) is 15.5. The fraction of sp³-hybridized carbons (Fsp3) is 0.450. The molecule has 1 aromatic heterocycles. The first-order valence-corrected chi connectivity index (χ1v) is 13.5. The molecule has 0 atom stereocenters. The van der Waals surface area contributed by atoms with Gasteiger partial charge in [0, 0.05) is 44.1 Å². The van der Waals surface area contributed by atoms with Crippen molar-refractivity contribution in [2.75, 3.05) is 13.4 Å². The summed E-state index contributed by atoms with van der Waals surface area (Å²) in [6.45, 7) is 7.91. The molecule has 0 saturated heterocycles. The van der Waals surface area contributed by atoms with E-state index in [1.807, 2.05) is 18.3 Å². The Kier molecular flexibility index (Phi) is 6.28. The molecule has 1 fully saturated rings. The fourth-order valence-corrected chi connectivity index (χ4v) is 3.71. The van der Waals surface area contributed by atoms with Crippen molar-refractivity contribution in [3.8, 4) is 16.9 Å². The monoisotopic (exact) mass is 409 g/mol. The summed E-state index contributed by atoms with van der Waals surface area (Å²) in [6, 6.07) is 8.83. The quantitative estimate of drug-likeness (QED) is 0.278. The lowest BCUT2D eigenvalue weighted by atomic mass is 10.0. The summed E-state index contributed by atoms with van der Waals surface area (Å²) in [6.07, 6.45) is 4.28. The van der Waals surface area contributed by atoms with Gasteiger partial charge >= 0.3 is 0 Å². The van der Waals surface area contributed by atoms with Crippen LogP contribution in [0.4, 0.5) is 0 Å². The number of ether oxygens (including phenoxy) is 2. The van der Waals surface area contributed by atoms with Gasteiger partial charge in [-0.15, -0.1) is 0 Å². The van der Waals surface area contributed by atoms with Gasteiger partial charge in [-0.3, -0.25) is 4.98 Å². The second-order valence-corrected chi connectivity index (χ2v) is 14.4. The lowest BCUT2D eigenvalue weighted by Gasteiger charge is -2.17. The van der Waals surface area contributed by atoms with Crippen molar-refractivity contribution in [2.24, 2.45) is 0 Å². The van der Waals surface area contributed by atoms with E-state index in [1.54, 1.807) is 6.07 Å². The van der Waals surface area contributed by atoms with Gasteiger partial charge in [-0.05, 0) is 42.6 Å².